The summed E-state index contributed by atoms with van der Waals surface area (Å²) in [7, 11) is 3.82. The third-order valence-electron chi connectivity index (χ3n) is 6.36. The number of nitrogens with one attached hydrogen (secondary N) is 2. The number of urea groups is 1. The maximum absolute atomic E-state index is 12.4. The lowest BCUT2D eigenvalue weighted by molar-refractivity contribution is 0.234. The van der Waals surface area contributed by atoms with Crippen molar-refractivity contribution in [3.8, 4) is 5.75 Å². The van der Waals surface area contributed by atoms with Crippen molar-refractivity contribution in [3.05, 3.63) is 48.2 Å². The van der Waals surface area contributed by atoms with E-state index in [1.165, 1.54) is 5.69 Å². The van der Waals surface area contributed by atoms with Gasteiger partial charge in [0.1, 0.15) is 11.6 Å². The van der Waals surface area contributed by atoms with Crippen LogP contribution in [0.1, 0.15) is 18.4 Å². The Hall–Kier alpha value is -3.00. The van der Waals surface area contributed by atoms with Gasteiger partial charge in [-0.05, 0) is 61.9 Å². The van der Waals surface area contributed by atoms with Crippen molar-refractivity contribution in [1.82, 2.24) is 20.5 Å². The number of hydrogen-bond acceptors (Lipinski definition) is 6. The quantitative estimate of drug-likeness (QED) is 0.721. The first kappa shape index (κ1) is 22.2. The van der Waals surface area contributed by atoms with Gasteiger partial charge < -0.3 is 30.1 Å². The van der Waals surface area contributed by atoms with Crippen molar-refractivity contribution >= 4 is 17.5 Å². The molecule has 2 N–H and O–H groups in total. The highest BCUT2D eigenvalue weighted by Crippen LogP contribution is 2.23. The third kappa shape index (κ3) is 5.82. The molecule has 1 aromatic heterocycles. The normalized spacial score (nSPS) is 17.8. The number of methoxy groups -OCH3 is 1. The van der Waals surface area contributed by atoms with Crippen LogP contribution in [-0.2, 0) is 6.54 Å². The Kier molecular flexibility index (Phi) is 7.32. The molecule has 0 saturated carbocycles. The zero-order valence-corrected chi connectivity index (χ0v) is 19.1. The molecule has 2 fully saturated rings. The first-order chi connectivity index (χ1) is 15.6. The minimum Gasteiger partial charge on any atom is -0.497 e. The van der Waals surface area contributed by atoms with E-state index < -0.39 is 0 Å². The highest BCUT2D eigenvalue weighted by atomic mass is 16.5. The van der Waals surface area contributed by atoms with Gasteiger partial charge in [0, 0.05) is 63.7 Å². The zero-order valence-electron chi connectivity index (χ0n) is 19.1. The summed E-state index contributed by atoms with van der Waals surface area (Å²) in [6.45, 7) is 6.41. The van der Waals surface area contributed by atoms with Crippen LogP contribution in [0.3, 0.4) is 0 Å². The summed E-state index contributed by atoms with van der Waals surface area (Å²) in [6.07, 6.45) is 3.70. The number of carbonyl (C=O) groups is 1. The minimum absolute atomic E-state index is 0.106. The largest absolute Gasteiger partial charge is 0.497 e. The van der Waals surface area contributed by atoms with E-state index in [0.717, 1.165) is 69.2 Å². The SMILES string of the molecule is COc1ccc(N2CCC(NC(=O)NCc3ccnc(N4CCN(C)CC4)c3)CC2)cc1. The number of nitrogens with zero attached hydrogens (tertiary/aromatic N) is 4. The summed E-state index contributed by atoms with van der Waals surface area (Å²) in [4.78, 5) is 24.0. The van der Waals surface area contributed by atoms with Crippen molar-refractivity contribution in [2.75, 3.05) is 63.2 Å². The average Bonchev–Trinajstić information content (AvgIpc) is 2.84. The second-order valence-corrected chi connectivity index (χ2v) is 8.60. The van der Waals surface area contributed by atoms with Crippen LogP contribution in [0.5, 0.6) is 5.75 Å². The molecule has 2 aliphatic rings. The van der Waals surface area contributed by atoms with E-state index >= 15 is 0 Å². The van der Waals surface area contributed by atoms with Gasteiger partial charge >= 0.3 is 6.03 Å². The molecule has 2 amide bonds. The van der Waals surface area contributed by atoms with Gasteiger partial charge in [0.15, 0.2) is 0 Å². The molecule has 0 unspecified atom stereocenters. The van der Waals surface area contributed by atoms with E-state index in [0.29, 0.717) is 6.54 Å². The van der Waals surface area contributed by atoms with Gasteiger partial charge in [-0.15, -0.1) is 0 Å². The number of piperazine rings is 1. The van der Waals surface area contributed by atoms with Gasteiger partial charge in [-0.1, -0.05) is 0 Å². The summed E-state index contributed by atoms with van der Waals surface area (Å²) in [5, 5.41) is 6.14. The minimum atomic E-state index is -0.106. The predicted molar refractivity (Wildman–Crippen MR) is 128 cm³/mol. The van der Waals surface area contributed by atoms with Gasteiger partial charge in [-0.3, -0.25) is 0 Å². The van der Waals surface area contributed by atoms with E-state index in [1.54, 1.807) is 7.11 Å². The van der Waals surface area contributed by atoms with Gasteiger partial charge in [0.05, 0.1) is 7.11 Å². The molecule has 0 atom stereocenters. The number of anilines is 2. The van der Waals surface area contributed by atoms with Crippen LogP contribution in [0.2, 0.25) is 0 Å². The maximum atomic E-state index is 12.4. The Morgan fingerprint density at radius 2 is 1.75 bits per heavy atom. The Morgan fingerprint density at radius 1 is 1.03 bits per heavy atom. The van der Waals surface area contributed by atoms with Crippen LogP contribution in [0, 0.1) is 0 Å². The number of ether oxygens (including phenoxy) is 1. The maximum Gasteiger partial charge on any atom is 0.315 e. The van der Waals surface area contributed by atoms with Crippen LogP contribution in [0.15, 0.2) is 42.6 Å². The Morgan fingerprint density at radius 3 is 2.44 bits per heavy atom. The Labute approximate surface area is 190 Å². The standard InChI is InChI=1S/C24H34N6O2/c1-28-13-15-30(16-14-28)23-17-19(7-10-25-23)18-26-24(31)27-20-8-11-29(12-9-20)21-3-5-22(32-2)6-4-21/h3-7,10,17,20H,8-9,11-16,18H2,1-2H3,(H2,26,27,31). The lowest BCUT2D eigenvalue weighted by atomic mass is 10.0. The van der Waals surface area contributed by atoms with Crippen molar-refractivity contribution in [2.45, 2.75) is 25.4 Å². The van der Waals surface area contributed by atoms with Crippen molar-refractivity contribution in [1.29, 1.82) is 0 Å². The fourth-order valence-electron chi connectivity index (χ4n) is 4.27. The molecule has 8 nitrogen and oxygen atoms in total. The molecule has 0 spiro atoms. The molecular weight excluding hydrogens is 404 g/mol. The second kappa shape index (κ2) is 10.5. The second-order valence-electron chi connectivity index (χ2n) is 8.60. The van der Waals surface area contributed by atoms with Gasteiger partial charge in [-0.25, -0.2) is 9.78 Å². The molecule has 8 heteroatoms. The highest BCUT2D eigenvalue weighted by Gasteiger charge is 2.21. The summed E-state index contributed by atoms with van der Waals surface area (Å²) < 4.78 is 5.23. The number of aromatic nitrogens is 1. The smallest absolute Gasteiger partial charge is 0.315 e. The number of rotatable bonds is 6. The number of piperidine rings is 1. The van der Waals surface area contributed by atoms with Crippen molar-refractivity contribution in [2.24, 2.45) is 0 Å². The molecule has 172 valence electrons. The number of benzene rings is 1. The first-order valence-electron chi connectivity index (χ1n) is 11.4. The fourth-order valence-corrected chi connectivity index (χ4v) is 4.27. The number of carbonyl (C=O) groups excluding carboxylic acids is 1. The summed E-state index contributed by atoms with van der Waals surface area (Å²) >= 11 is 0. The fraction of sp³-hybridized carbons (Fsp3) is 0.500. The Balaban J connectivity index is 1.20. The lowest BCUT2D eigenvalue weighted by Gasteiger charge is -2.34. The molecule has 0 radical (unpaired) electrons. The van der Waals surface area contributed by atoms with Crippen molar-refractivity contribution in [3.63, 3.8) is 0 Å². The van der Waals surface area contributed by atoms with E-state index in [-0.39, 0.29) is 12.1 Å². The average molecular weight is 439 g/mol. The summed E-state index contributed by atoms with van der Waals surface area (Å²) in [5.41, 5.74) is 2.26. The van der Waals surface area contributed by atoms with Gasteiger partial charge in [-0.2, -0.15) is 0 Å². The molecule has 2 aliphatic heterocycles. The molecule has 2 aromatic rings. The van der Waals surface area contributed by atoms with Crippen LogP contribution in [0.4, 0.5) is 16.3 Å². The topological polar surface area (TPSA) is 73.0 Å². The molecule has 0 bridgehead atoms. The molecule has 0 aliphatic carbocycles. The highest BCUT2D eigenvalue weighted by molar-refractivity contribution is 5.74. The van der Waals surface area contributed by atoms with Crippen LogP contribution < -0.4 is 25.2 Å². The van der Waals surface area contributed by atoms with E-state index in [4.69, 9.17) is 4.74 Å². The molecule has 2 saturated heterocycles. The monoisotopic (exact) mass is 438 g/mol. The van der Waals surface area contributed by atoms with E-state index in [9.17, 15) is 4.79 Å². The van der Waals surface area contributed by atoms with E-state index in [1.807, 2.05) is 24.4 Å². The van der Waals surface area contributed by atoms with Crippen LogP contribution in [-0.4, -0.2) is 75.4 Å². The molecule has 4 rings (SSSR count). The Bertz CT molecular complexity index is 874. The van der Waals surface area contributed by atoms with Crippen LogP contribution in [0.25, 0.3) is 0 Å². The first-order valence-corrected chi connectivity index (χ1v) is 11.4. The van der Waals surface area contributed by atoms with Crippen molar-refractivity contribution < 1.29 is 9.53 Å². The lowest BCUT2D eigenvalue weighted by Crippen LogP contribution is -2.47. The number of hydrogen-bond donors (Lipinski definition) is 2. The predicted octanol–water partition coefficient (Wildman–Crippen LogP) is 2.31. The van der Waals surface area contributed by atoms with Gasteiger partial charge in [0.2, 0.25) is 0 Å². The molecular formula is C24H34N6O2. The summed E-state index contributed by atoms with van der Waals surface area (Å²) in [6, 6.07) is 12.3. The molecule has 3 heterocycles. The molecule has 1 aromatic carbocycles. The van der Waals surface area contributed by atoms with E-state index in [2.05, 4.69) is 55.6 Å². The van der Waals surface area contributed by atoms with Crippen LogP contribution >= 0.6 is 0 Å². The number of amides is 2. The zero-order chi connectivity index (χ0) is 22.3. The third-order valence-corrected chi connectivity index (χ3v) is 6.36. The summed E-state index contributed by atoms with van der Waals surface area (Å²) in [5.74, 6) is 1.86. The number of pyridine rings is 1. The number of likely N-dealkylation sites (N-methyl/N-ethyl adjacent to an activating group) is 1. The van der Waals surface area contributed by atoms with Gasteiger partial charge in [0.25, 0.3) is 0 Å². The molecule has 32 heavy (non-hydrogen) atoms.